The van der Waals surface area contributed by atoms with Crippen molar-refractivity contribution in [2.75, 3.05) is 0 Å². The van der Waals surface area contributed by atoms with Crippen LogP contribution in [0, 0.1) is 0 Å². The first kappa shape index (κ1) is 8.75. The lowest BCUT2D eigenvalue weighted by Crippen LogP contribution is -1.87. The lowest BCUT2D eigenvalue weighted by molar-refractivity contribution is 0.475. The summed E-state index contributed by atoms with van der Waals surface area (Å²) in [5, 5.41) is 11.6. The first-order valence-corrected chi connectivity index (χ1v) is 4.37. The molecule has 1 N–H and O–H groups in total. The topological polar surface area (TPSA) is 37.3 Å². The quantitative estimate of drug-likeness (QED) is 0.728. The maximum atomic E-state index is 10.2. The second kappa shape index (κ2) is 3.50. The third-order valence-corrected chi connectivity index (χ3v) is 2.25. The first-order chi connectivity index (χ1) is 6.83. The number of fused-ring (bicyclic) bond motifs is 1. The molecule has 0 bridgehead atoms. The fraction of sp³-hybridized carbons (Fsp3) is 0.0833. The molecule has 0 radical (unpaired) electrons. The average Bonchev–Trinajstić information content (AvgIpc) is 2.23. The van der Waals surface area contributed by atoms with Gasteiger partial charge in [-0.25, -0.2) is 0 Å². The largest absolute Gasteiger partial charge is 0.541 e. The Kier molecular flexibility index (Phi) is 2.19. The summed E-state index contributed by atoms with van der Waals surface area (Å²) >= 11 is 0. The third-order valence-electron chi connectivity index (χ3n) is 2.25. The highest BCUT2D eigenvalue weighted by molar-refractivity contribution is 5.89. The molecule has 0 heterocycles. The van der Waals surface area contributed by atoms with Crippen LogP contribution in [0.4, 0.5) is 0 Å². The van der Waals surface area contributed by atoms with Crippen molar-refractivity contribution in [1.29, 1.82) is 0 Å². The van der Waals surface area contributed by atoms with E-state index in [0.29, 0.717) is 5.56 Å². The standard InChI is InChI=1S/C12H9O2/c13-8-7-10-6-5-9-3-1-2-4-11(9)12(10)14/h1-6,14H,7H2/q-1. The Balaban J connectivity index is 2.68. The van der Waals surface area contributed by atoms with Crippen LogP contribution in [0.15, 0.2) is 36.4 Å². The van der Waals surface area contributed by atoms with Crippen molar-refractivity contribution in [3.63, 3.8) is 0 Å². The van der Waals surface area contributed by atoms with E-state index in [9.17, 15) is 9.90 Å². The predicted molar refractivity (Wildman–Crippen MR) is 55.0 cm³/mol. The van der Waals surface area contributed by atoms with E-state index in [1.165, 1.54) is 0 Å². The van der Waals surface area contributed by atoms with Gasteiger partial charge in [0.25, 0.3) is 0 Å². The Bertz CT molecular complexity index is 475. The third kappa shape index (κ3) is 1.35. The maximum absolute atomic E-state index is 10.2. The van der Waals surface area contributed by atoms with Gasteiger partial charge >= 0.3 is 0 Å². The zero-order chi connectivity index (χ0) is 9.97. The minimum absolute atomic E-state index is 0.136. The molecule has 2 aromatic rings. The average molecular weight is 185 g/mol. The highest BCUT2D eigenvalue weighted by atomic mass is 16.3. The molecule has 70 valence electrons. The van der Waals surface area contributed by atoms with Crippen molar-refractivity contribution < 1.29 is 9.90 Å². The van der Waals surface area contributed by atoms with Gasteiger partial charge in [0.2, 0.25) is 0 Å². The number of aromatic hydroxyl groups is 1. The molecule has 0 atom stereocenters. The lowest BCUT2D eigenvalue weighted by atomic mass is 10.0. The number of hydrogen-bond acceptors (Lipinski definition) is 2. The van der Waals surface area contributed by atoms with Gasteiger partial charge in [-0.3, -0.25) is 6.29 Å². The van der Waals surface area contributed by atoms with Crippen LogP contribution >= 0.6 is 0 Å². The summed E-state index contributed by atoms with van der Waals surface area (Å²) < 4.78 is 0. The van der Waals surface area contributed by atoms with E-state index < -0.39 is 0 Å². The smallest absolute Gasteiger partial charge is 0.124 e. The number of benzene rings is 2. The molecule has 0 aliphatic heterocycles. The van der Waals surface area contributed by atoms with E-state index in [0.717, 1.165) is 10.8 Å². The van der Waals surface area contributed by atoms with Gasteiger partial charge in [-0.05, 0) is 10.9 Å². The Morgan fingerprint density at radius 2 is 1.93 bits per heavy atom. The summed E-state index contributed by atoms with van der Waals surface area (Å²) in [6.45, 7) is 0. The summed E-state index contributed by atoms with van der Waals surface area (Å²) in [7, 11) is 0. The number of carbonyl (C=O) groups excluding carboxylic acids is 1. The Morgan fingerprint density at radius 3 is 2.71 bits per heavy atom. The van der Waals surface area contributed by atoms with Gasteiger partial charge in [0.1, 0.15) is 5.75 Å². The van der Waals surface area contributed by atoms with Crippen molar-refractivity contribution >= 4 is 17.1 Å². The van der Waals surface area contributed by atoms with Gasteiger partial charge in [0.15, 0.2) is 0 Å². The summed E-state index contributed by atoms with van der Waals surface area (Å²) in [6.07, 6.45) is 1.92. The lowest BCUT2D eigenvalue weighted by Gasteiger charge is -2.08. The fourth-order valence-corrected chi connectivity index (χ4v) is 1.52. The molecule has 0 aliphatic carbocycles. The summed E-state index contributed by atoms with van der Waals surface area (Å²) in [4.78, 5) is 10.2. The van der Waals surface area contributed by atoms with E-state index >= 15 is 0 Å². The highest BCUT2D eigenvalue weighted by Gasteiger charge is 2.01. The van der Waals surface area contributed by atoms with E-state index in [4.69, 9.17) is 0 Å². The Labute approximate surface area is 81.8 Å². The molecule has 0 aliphatic rings. The van der Waals surface area contributed by atoms with Crippen molar-refractivity contribution in [3.8, 4) is 5.75 Å². The monoisotopic (exact) mass is 185 g/mol. The second-order valence-electron chi connectivity index (χ2n) is 3.12. The number of phenols is 1. The molecule has 0 saturated carbocycles. The van der Waals surface area contributed by atoms with Gasteiger partial charge in [-0.2, -0.15) is 0 Å². The van der Waals surface area contributed by atoms with E-state index in [-0.39, 0.29) is 12.2 Å². The second-order valence-corrected chi connectivity index (χ2v) is 3.12. The summed E-state index contributed by atoms with van der Waals surface area (Å²) in [5.41, 5.74) is 0.624. The van der Waals surface area contributed by atoms with Crippen molar-refractivity contribution in [1.82, 2.24) is 0 Å². The molecular weight excluding hydrogens is 176 g/mol. The van der Waals surface area contributed by atoms with Crippen molar-refractivity contribution in [2.45, 2.75) is 6.42 Å². The van der Waals surface area contributed by atoms with Crippen molar-refractivity contribution in [3.05, 3.63) is 42.0 Å². The Morgan fingerprint density at radius 1 is 1.14 bits per heavy atom. The normalized spacial score (nSPS) is 10.3. The number of rotatable bonds is 2. The first-order valence-electron chi connectivity index (χ1n) is 4.37. The molecule has 14 heavy (non-hydrogen) atoms. The van der Waals surface area contributed by atoms with E-state index in [1.807, 2.05) is 30.3 Å². The highest BCUT2D eigenvalue weighted by Crippen LogP contribution is 2.28. The maximum Gasteiger partial charge on any atom is 0.124 e. The van der Waals surface area contributed by atoms with E-state index in [2.05, 4.69) is 0 Å². The van der Waals surface area contributed by atoms with Crippen molar-refractivity contribution in [2.24, 2.45) is 0 Å². The summed E-state index contributed by atoms with van der Waals surface area (Å²) in [6, 6.07) is 11.2. The van der Waals surface area contributed by atoms with Gasteiger partial charge in [0, 0.05) is 5.39 Å². The number of phenolic OH excluding ortho intramolecular Hbond substituents is 1. The van der Waals surface area contributed by atoms with Crippen LogP contribution in [-0.2, 0) is 11.2 Å². The minimum atomic E-state index is 0.136. The molecule has 2 rings (SSSR count). The number of hydrogen-bond donors (Lipinski definition) is 1. The molecule has 0 spiro atoms. The molecule has 0 amide bonds. The molecule has 2 nitrogen and oxygen atoms in total. The molecular formula is C12H9O2-. The van der Waals surface area contributed by atoms with Crippen LogP contribution in [0.25, 0.3) is 10.8 Å². The molecule has 0 aromatic heterocycles. The fourth-order valence-electron chi connectivity index (χ4n) is 1.52. The van der Waals surface area contributed by atoms with E-state index in [1.54, 1.807) is 12.4 Å². The molecule has 2 aromatic carbocycles. The molecule has 0 saturated heterocycles. The Hall–Kier alpha value is -1.83. The van der Waals surface area contributed by atoms with Crippen LogP contribution in [0.3, 0.4) is 0 Å². The van der Waals surface area contributed by atoms with Gasteiger partial charge in [-0.1, -0.05) is 36.4 Å². The molecule has 0 unspecified atom stereocenters. The van der Waals surface area contributed by atoms with Gasteiger partial charge in [-0.15, -0.1) is 6.42 Å². The van der Waals surface area contributed by atoms with Crippen LogP contribution in [0.5, 0.6) is 5.75 Å². The summed E-state index contributed by atoms with van der Waals surface area (Å²) in [5.74, 6) is 0.187. The van der Waals surface area contributed by atoms with Gasteiger partial charge in [0.05, 0.1) is 0 Å². The zero-order valence-corrected chi connectivity index (χ0v) is 7.53. The molecule has 0 fully saturated rings. The van der Waals surface area contributed by atoms with Gasteiger partial charge < -0.3 is 9.90 Å². The predicted octanol–water partition coefficient (Wildman–Crippen LogP) is 2.20. The zero-order valence-electron chi connectivity index (χ0n) is 7.53. The van der Waals surface area contributed by atoms with Crippen LogP contribution < -0.4 is 0 Å². The molecule has 2 heteroatoms. The van der Waals surface area contributed by atoms with Crippen LogP contribution in [-0.4, -0.2) is 11.4 Å². The SMILES string of the molecule is O=[C-]Cc1ccc2ccccc2c1O. The van der Waals surface area contributed by atoms with Crippen LogP contribution in [0.1, 0.15) is 5.56 Å². The minimum Gasteiger partial charge on any atom is -0.541 e. The van der Waals surface area contributed by atoms with Crippen LogP contribution in [0.2, 0.25) is 0 Å².